The first-order valence-electron chi connectivity index (χ1n) is 5.66. The summed E-state index contributed by atoms with van der Waals surface area (Å²) in [6, 6.07) is 0. The quantitative estimate of drug-likeness (QED) is 0.663. The average Bonchev–Trinajstić information content (AvgIpc) is 2.57. The first-order chi connectivity index (χ1) is 7.87. The summed E-state index contributed by atoms with van der Waals surface area (Å²) in [5.41, 5.74) is 1.91. The molecular weight excluding hydrogens is 217 g/mol. The van der Waals surface area contributed by atoms with Gasteiger partial charge in [-0.1, -0.05) is 0 Å². The number of fused-ring (bicyclic) bond motifs is 1. The highest BCUT2D eigenvalue weighted by atomic mass is 16.6. The van der Waals surface area contributed by atoms with Crippen molar-refractivity contribution < 1.29 is 9.53 Å². The molecular formula is C11H16BN3O2. The van der Waals surface area contributed by atoms with Gasteiger partial charge in [-0.3, -0.25) is 5.10 Å². The summed E-state index contributed by atoms with van der Waals surface area (Å²) in [5, 5.41) is 6.83. The highest BCUT2D eigenvalue weighted by molar-refractivity contribution is 6.31. The van der Waals surface area contributed by atoms with Crippen LogP contribution in [-0.2, 0) is 17.7 Å². The van der Waals surface area contributed by atoms with Crippen molar-refractivity contribution in [3.63, 3.8) is 0 Å². The number of carbonyl (C=O) groups is 1. The van der Waals surface area contributed by atoms with Crippen LogP contribution < -0.4 is 5.59 Å². The predicted octanol–water partition coefficient (Wildman–Crippen LogP) is 0.497. The fraction of sp³-hybridized carbons (Fsp3) is 0.636. The van der Waals surface area contributed by atoms with Gasteiger partial charge in [-0.15, -0.1) is 0 Å². The Morgan fingerprint density at radius 2 is 2.24 bits per heavy atom. The molecule has 0 aromatic carbocycles. The molecule has 0 saturated heterocycles. The van der Waals surface area contributed by atoms with E-state index in [-0.39, 0.29) is 6.09 Å². The number of aromatic nitrogens is 2. The van der Waals surface area contributed by atoms with Crippen molar-refractivity contribution in [2.45, 2.75) is 39.3 Å². The number of nitrogens with zero attached hydrogens (tertiary/aromatic N) is 2. The minimum Gasteiger partial charge on any atom is -0.444 e. The molecule has 0 saturated carbocycles. The third-order valence-electron chi connectivity index (χ3n) is 2.60. The normalized spacial score (nSPS) is 15.6. The van der Waals surface area contributed by atoms with Crippen molar-refractivity contribution in [2.75, 3.05) is 6.54 Å². The zero-order chi connectivity index (χ0) is 12.6. The van der Waals surface area contributed by atoms with Gasteiger partial charge in [0.25, 0.3) is 0 Å². The maximum absolute atomic E-state index is 11.9. The Hall–Kier alpha value is -1.46. The topological polar surface area (TPSA) is 58.2 Å². The third-order valence-corrected chi connectivity index (χ3v) is 2.60. The van der Waals surface area contributed by atoms with Crippen molar-refractivity contribution in [1.29, 1.82) is 0 Å². The van der Waals surface area contributed by atoms with Crippen molar-refractivity contribution in [3.05, 3.63) is 11.3 Å². The molecule has 1 amide bonds. The van der Waals surface area contributed by atoms with Crippen molar-refractivity contribution in [2.24, 2.45) is 0 Å². The smallest absolute Gasteiger partial charge is 0.410 e. The van der Waals surface area contributed by atoms with E-state index < -0.39 is 5.60 Å². The van der Waals surface area contributed by atoms with Crippen LogP contribution in [-0.4, -0.2) is 41.2 Å². The number of H-pyrrole nitrogens is 1. The monoisotopic (exact) mass is 233 g/mol. The fourth-order valence-corrected chi connectivity index (χ4v) is 1.79. The lowest BCUT2D eigenvalue weighted by atomic mass is 9.95. The van der Waals surface area contributed by atoms with E-state index in [2.05, 4.69) is 10.2 Å². The molecule has 1 aliphatic heterocycles. The molecule has 1 aromatic rings. The van der Waals surface area contributed by atoms with Gasteiger partial charge in [0.05, 0.1) is 12.2 Å². The molecule has 1 N–H and O–H groups in total. The molecule has 90 valence electrons. The lowest BCUT2D eigenvalue weighted by molar-refractivity contribution is 0.0224. The molecule has 2 radical (unpaired) electrons. The highest BCUT2D eigenvalue weighted by Crippen LogP contribution is 2.17. The Bertz CT molecular complexity index is 436. The molecule has 0 atom stereocenters. The van der Waals surface area contributed by atoms with Gasteiger partial charge in [-0.25, -0.2) is 4.79 Å². The van der Waals surface area contributed by atoms with Gasteiger partial charge in [0.15, 0.2) is 0 Å². The molecule has 1 aromatic heterocycles. The number of nitrogens with one attached hydrogen (secondary N) is 1. The predicted molar refractivity (Wildman–Crippen MR) is 64.3 cm³/mol. The molecule has 2 rings (SSSR count). The van der Waals surface area contributed by atoms with Gasteiger partial charge < -0.3 is 9.64 Å². The number of carbonyl (C=O) groups excluding carboxylic acids is 1. The summed E-state index contributed by atoms with van der Waals surface area (Å²) in [4.78, 5) is 13.5. The maximum Gasteiger partial charge on any atom is 0.410 e. The van der Waals surface area contributed by atoms with Crippen LogP contribution in [0.5, 0.6) is 0 Å². The summed E-state index contributed by atoms with van der Waals surface area (Å²) < 4.78 is 5.32. The Morgan fingerprint density at radius 1 is 1.53 bits per heavy atom. The minimum absolute atomic E-state index is 0.302. The van der Waals surface area contributed by atoms with Crippen LogP contribution in [0.3, 0.4) is 0 Å². The zero-order valence-electron chi connectivity index (χ0n) is 10.4. The van der Waals surface area contributed by atoms with E-state index in [1.807, 2.05) is 20.8 Å². The molecule has 1 aliphatic rings. The first-order valence-corrected chi connectivity index (χ1v) is 5.66. The molecule has 0 fully saturated rings. The van der Waals surface area contributed by atoms with E-state index in [4.69, 9.17) is 12.6 Å². The number of hydrogen-bond acceptors (Lipinski definition) is 3. The molecule has 17 heavy (non-hydrogen) atoms. The second-order valence-electron chi connectivity index (χ2n) is 5.21. The fourth-order valence-electron chi connectivity index (χ4n) is 1.79. The first kappa shape index (κ1) is 12.0. The highest BCUT2D eigenvalue weighted by Gasteiger charge is 2.27. The molecule has 0 unspecified atom stereocenters. The summed E-state index contributed by atoms with van der Waals surface area (Å²) in [5.74, 6) is 0. The maximum atomic E-state index is 11.9. The lowest BCUT2D eigenvalue weighted by Gasteiger charge is -2.29. The summed E-state index contributed by atoms with van der Waals surface area (Å²) in [7, 11) is 5.75. The Morgan fingerprint density at radius 3 is 2.88 bits per heavy atom. The van der Waals surface area contributed by atoms with Crippen LogP contribution in [0.15, 0.2) is 0 Å². The number of amides is 1. The van der Waals surface area contributed by atoms with Crippen molar-refractivity contribution in [3.8, 4) is 0 Å². The largest absolute Gasteiger partial charge is 0.444 e. The summed E-state index contributed by atoms with van der Waals surface area (Å²) >= 11 is 0. The van der Waals surface area contributed by atoms with E-state index in [0.29, 0.717) is 25.1 Å². The molecule has 0 spiro atoms. The van der Waals surface area contributed by atoms with Gasteiger partial charge in [-0.05, 0) is 26.4 Å². The van der Waals surface area contributed by atoms with Crippen LogP contribution >= 0.6 is 0 Å². The molecule has 2 heterocycles. The summed E-state index contributed by atoms with van der Waals surface area (Å²) in [6.07, 6.45) is 0.409. The molecule has 6 heteroatoms. The van der Waals surface area contributed by atoms with E-state index in [0.717, 1.165) is 11.3 Å². The van der Waals surface area contributed by atoms with Gasteiger partial charge in [-0.2, -0.15) is 5.10 Å². The Balaban J connectivity index is 2.07. The van der Waals surface area contributed by atoms with Crippen LogP contribution in [0.2, 0.25) is 0 Å². The Labute approximate surface area is 102 Å². The minimum atomic E-state index is -0.473. The Kier molecular flexibility index (Phi) is 2.89. The van der Waals surface area contributed by atoms with E-state index >= 15 is 0 Å². The van der Waals surface area contributed by atoms with Gasteiger partial charge >= 0.3 is 6.09 Å². The van der Waals surface area contributed by atoms with Gasteiger partial charge in [0.1, 0.15) is 13.4 Å². The number of hydrogen-bond donors (Lipinski definition) is 1. The van der Waals surface area contributed by atoms with Gasteiger partial charge in [0, 0.05) is 18.5 Å². The molecule has 0 bridgehead atoms. The molecule has 0 aliphatic carbocycles. The molecule has 5 nitrogen and oxygen atoms in total. The summed E-state index contributed by atoms with van der Waals surface area (Å²) in [6.45, 7) is 6.64. The van der Waals surface area contributed by atoms with E-state index in [1.165, 1.54) is 0 Å². The zero-order valence-corrected chi connectivity index (χ0v) is 10.4. The standard InChI is InChI=1S/C11H16BN3O2/c1-11(2,3)17-10(16)15-5-4-8-7(6-15)9(12)14-13-8/h4-6H2,1-3H3,(H,13,14). The third kappa shape index (κ3) is 2.62. The SMILES string of the molecule is [B]c1[nH]nc2c1CN(C(=O)OC(C)(C)C)CC2. The lowest BCUT2D eigenvalue weighted by Crippen LogP contribution is -2.40. The van der Waals surface area contributed by atoms with Crippen molar-refractivity contribution >= 4 is 19.5 Å². The number of aromatic amines is 1. The van der Waals surface area contributed by atoms with Gasteiger partial charge in [0.2, 0.25) is 0 Å². The van der Waals surface area contributed by atoms with Crippen LogP contribution in [0.4, 0.5) is 4.79 Å². The van der Waals surface area contributed by atoms with Crippen LogP contribution in [0.1, 0.15) is 32.0 Å². The van der Waals surface area contributed by atoms with E-state index in [9.17, 15) is 4.79 Å². The van der Waals surface area contributed by atoms with Crippen molar-refractivity contribution in [1.82, 2.24) is 15.1 Å². The number of rotatable bonds is 0. The average molecular weight is 233 g/mol. The van der Waals surface area contributed by atoms with E-state index in [1.54, 1.807) is 4.90 Å². The number of ether oxygens (including phenoxy) is 1. The van der Waals surface area contributed by atoms with Crippen LogP contribution in [0.25, 0.3) is 0 Å². The second kappa shape index (κ2) is 4.09. The van der Waals surface area contributed by atoms with Crippen LogP contribution in [0, 0.1) is 0 Å². The second-order valence-corrected chi connectivity index (χ2v) is 5.21.